The molecule has 6 nitrogen and oxygen atoms in total. The number of benzene rings is 2. The molecule has 2 aromatic carbocycles. The molecule has 1 atom stereocenters. The monoisotopic (exact) mass is 478 g/mol. The summed E-state index contributed by atoms with van der Waals surface area (Å²) in [5.41, 5.74) is 3.22. The van der Waals surface area contributed by atoms with Gasteiger partial charge in [0.2, 0.25) is 5.91 Å². The van der Waals surface area contributed by atoms with Crippen molar-refractivity contribution in [1.29, 1.82) is 0 Å². The Morgan fingerprint density at radius 1 is 1.00 bits per heavy atom. The fourth-order valence-corrected chi connectivity index (χ4v) is 4.82. The Morgan fingerprint density at radius 3 is 2.35 bits per heavy atom. The molecular formula is C27H30N2O4S. The fourth-order valence-electron chi connectivity index (χ4n) is 4.20. The van der Waals surface area contributed by atoms with Gasteiger partial charge in [-0.2, -0.15) is 0 Å². The molecule has 3 aromatic rings. The summed E-state index contributed by atoms with van der Waals surface area (Å²) < 4.78 is 11.5. The predicted molar refractivity (Wildman–Crippen MR) is 134 cm³/mol. The average Bonchev–Trinajstić information content (AvgIpc) is 3.39. The van der Waals surface area contributed by atoms with Gasteiger partial charge in [-0.15, -0.1) is 11.3 Å². The molecule has 0 fully saturated rings. The molecule has 0 saturated heterocycles. The predicted octanol–water partition coefficient (Wildman–Crippen LogP) is 4.47. The van der Waals surface area contributed by atoms with Gasteiger partial charge in [0.05, 0.1) is 18.1 Å². The molecule has 4 rings (SSSR count). The van der Waals surface area contributed by atoms with Gasteiger partial charge in [0.15, 0.2) is 11.5 Å². The van der Waals surface area contributed by atoms with Gasteiger partial charge < -0.3 is 19.7 Å². The third-order valence-electron chi connectivity index (χ3n) is 5.82. The summed E-state index contributed by atoms with van der Waals surface area (Å²) in [6.07, 6.45) is 1.16. The van der Waals surface area contributed by atoms with Gasteiger partial charge in [0, 0.05) is 19.5 Å². The van der Waals surface area contributed by atoms with Crippen LogP contribution in [0.5, 0.6) is 11.5 Å². The summed E-state index contributed by atoms with van der Waals surface area (Å²) in [5.74, 6) is 1.14. The number of ether oxygens (including phenoxy) is 2. The van der Waals surface area contributed by atoms with Crippen molar-refractivity contribution < 1.29 is 19.1 Å². The molecular weight excluding hydrogens is 448 g/mol. The molecule has 178 valence electrons. The van der Waals surface area contributed by atoms with Crippen molar-refractivity contribution in [1.82, 2.24) is 10.2 Å². The van der Waals surface area contributed by atoms with Gasteiger partial charge in [0.1, 0.15) is 6.04 Å². The minimum Gasteiger partial charge on any atom is -0.490 e. The fraction of sp³-hybridized carbons (Fsp3) is 0.333. The van der Waals surface area contributed by atoms with Crippen LogP contribution in [-0.4, -0.2) is 42.5 Å². The van der Waals surface area contributed by atoms with Gasteiger partial charge in [-0.3, -0.25) is 9.59 Å². The standard InChI is InChI=1S/C27H30N2O4S/c1-3-32-23-16-20-12-13-29(18-21(20)17-24(23)33-4-2)27(31)22(15-19-9-6-5-7-10-19)28-26(30)25-11-8-14-34-25/h5-11,14,16-17,22H,3-4,12-13,15,18H2,1-2H3,(H,28,30). The van der Waals surface area contributed by atoms with Gasteiger partial charge in [0.25, 0.3) is 5.91 Å². The maximum absolute atomic E-state index is 13.7. The second-order valence-electron chi connectivity index (χ2n) is 8.14. The number of nitrogens with one attached hydrogen (secondary N) is 1. The summed E-state index contributed by atoms with van der Waals surface area (Å²) in [7, 11) is 0. The number of nitrogens with zero attached hydrogens (tertiary/aromatic N) is 1. The van der Waals surface area contributed by atoms with Crippen LogP contribution in [0.15, 0.2) is 60.0 Å². The Bertz CT molecular complexity index is 1120. The molecule has 2 heterocycles. The van der Waals surface area contributed by atoms with Crippen LogP contribution in [-0.2, 0) is 24.2 Å². The number of rotatable bonds is 9. The van der Waals surface area contributed by atoms with E-state index in [1.54, 1.807) is 6.07 Å². The van der Waals surface area contributed by atoms with Gasteiger partial charge in [-0.25, -0.2) is 0 Å². The van der Waals surface area contributed by atoms with Gasteiger partial charge in [-0.05, 0) is 60.5 Å². The van der Waals surface area contributed by atoms with E-state index in [9.17, 15) is 9.59 Å². The Kier molecular flexibility index (Phi) is 7.85. The van der Waals surface area contributed by atoms with E-state index in [0.29, 0.717) is 43.4 Å². The number of hydrogen-bond acceptors (Lipinski definition) is 5. The van der Waals surface area contributed by atoms with Crippen molar-refractivity contribution in [2.75, 3.05) is 19.8 Å². The zero-order chi connectivity index (χ0) is 23.9. The SMILES string of the molecule is CCOc1cc2c(cc1OCC)CN(C(=O)C(Cc1ccccc1)NC(=O)c1cccs1)CC2. The van der Waals surface area contributed by atoms with Crippen LogP contribution in [0.3, 0.4) is 0 Å². The molecule has 1 aliphatic heterocycles. The second kappa shape index (κ2) is 11.2. The van der Waals surface area contributed by atoms with Crippen LogP contribution in [0.2, 0.25) is 0 Å². The number of hydrogen-bond donors (Lipinski definition) is 1. The van der Waals surface area contributed by atoms with Crippen LogP contribution < -0.4 is 14.8 Å². The van der Waals surface area contributed by atoms with E-state index in [4.69, 9.17) is 9.47 Å². The van der Waals surface area contributed by atoms with Crippen LogP contribution >= 0.6 is 11.3 Å². The van der Waals surface area contributed by atoms with Crippen LogP contribution in [0.4, 0.5) is 0 Å². The number of carbonyl (C=O) groups is 2. The van der Waals surface area contributed by atoms with E-state index in [2.05, 4.69) is 5.32 Å². The highest BCUT2D eigenvalue weighted by Crippen LogP contribution is 2.34. The summed E-state index contributed by atoms with van der Waals surface area (Å²) in [6, 6.07) is 16.8. The molecule has 1 N–H and O–H groups in total. The molecule has 1 aromatic heterocycles. The molecule has 2 amide bonds. The molecule has 0 aliphatic carbocycles. The largest absolute Gasteiger partial charge is 0.490 e. The first-order valence-electron chi connectivity index (χ1n) is 11.7. The average molecular weight is 479 g/mol. The normalized spacial score (nSPS) is 13.6. The smallest absolute Gasteiger partial charge is 0.262 e. The number of carbonyl (C=O) groups excluding carboxylic acids is 2. The molecule has 7 heteroatoms. The van der Waals surface area contributed by atoms with E-state index in [-0.39, 0.29) is 11.8 Å². The third kappa shape index (κ3) is 5.59. The zero-order valence-electron chi connectivity index (χ0n) is 19.6. The van der Waals surface area contributed by atoms with E-state index >= 15 is 0 Å². The minimum absolute atomic E-state index is 0.0775. The Hall–Kier alpha value is -3.32. The van der Waals surface area contributed by atoms with Crippen LogP contribution in [0, 0.1) is 0 Å². The van der Waals surface area contributed by atoms with Crippen molar-refractivity contribution >= 4 is 23.2 Å². The summed E-state index contributed by atoms with van der Waals surface area (Å²) in [4.78, 5) is 28.9. The molecule has 34 heavy (non-hydrogen) atoms. The number of fused-ring (bicyclic) bond motifs is 1. The number of amides is 2. The zero-order valence-corrected chi connectivity index (χ0v) is 20.4. The van der Waals surface area contributed by atoms with Crippen molar-refractivity contribution in [2.45, 2.75) is 39.3 Å². The van der Waals surface area contributed by atoms with E-state index < -0.39 is 6.04 Å². The van der Waals surface area contributed by atoms with E-state index in [1.165, 1.54) is 11.3 Å². The van der Waals surface area contributed by atoms with Gasteiger partial charge in [-0.1, -0.05) is 36.4 Å². The van der Waals surface area contributed by atoms with E-state index in [1.807, 2.05) is 72.7 Å². The Balaban J connectivity index is 1.55. The highest BCUT2D eigenvalue weighted by molar-refractivity contribution is 7.12. The topological polar surface area (TPSA) is 67.9 Å². The van der Waals surface area contributed by atoms with Gasteiger partial charge >= 0.3 is 0 Å². The molecule has 0 spiro atoms. The third-order valence-corrected chi connectivity index (χ3v) is 6.69. The maximum Gasteiger partial charge on any atom is 0.262 e. The van der Waals surface area contributed by atoms with E-state index in [0.717, 1.165) is 28.9 Å². The lowest BCUT2D eigenvalue weighted by Gasteiger charge is -2.32. The lowest BCUT2D eigenvalue weighted by Crippen LogP contribution is -2.50. The van der Waals surface area contributed by atoms with Crippen LogP contribution in [0.25, 0.3) is 0 Å². The molecule has 0 saturated carbocycles. The first-order valence-corrected chi connectivity index (χ1v) is 12.6. The Morgan fingerprint density at radius 2 is 1.71 bits per heavy atom. The first-order chi connectivity index (χ1) is 16.6. The lowest BCUT2D eigenvalue weighted by molar-refractivity contribution is -0.134. The lowest BCUT2D eigenvalue weighted by atomic mass is 9.97. The van der Waals surface area contributed by atoms with Crippen molar-refractivity contribution in [3.8, 4) is 11.5 Å². The van der Waals surface area contributed by atoms with Crippen molar-refractivity contribution in [3.05, 3.63) is 81.5 Å². The molecule has 0 radical (unpaired) electrons. The summed E-state index contributed by atoms with van der Waals surface area (Å²) in [5, 5.41) is 4.84. The second-order valence-corrected chi connectivity index (χ2v) is 9.08. The molecule has 0 bridgehead atoms. The quantitative estimate of drug-likeness (QED) is 0.493. The highest BCUT2D eigenvalue weighted by Gasteiger charge is 2.30. The first kappa shape index (κ1) is 23.8. The van der Waals surface area contributed by atoms with Crippen molar-refractivity contribution in [3.63, 3.8) is 0 Å². The Labute approximate surface area is 204 Å². The molecule has 1 aliphatic rings. The maximum atomic E-state index is 13.7. The minimum atomic E-state index is -0.646. The molecule has 1 unspecified atom stereocenters. The summed E-state index contributed by atoms with van der Waals surface area (Å²) >= 11 is 1.37. The highest BCUT2D eigenvalue weighted by atomic mass is 32.1. The number of thiophene rings is 1. The van der Waals surface area contributed by atoms with Crippen molar-refractivity contribution in [2.24, 2.45) is 0 Å². The summed E-state index contributed by atoms with van der Waals surface area (Å²) in [6.45, 7) is 6.05. The van der Waals surface area contributed by atoms with Crippen LogP contribution in [0.1, 0.15) is 40.2 Å².